The standard InChI is InChI=1S/C24H24N2O7/c1-29-19(27)14-30-22-20(26-23(28)15-8-4-2-5-9-15)17(12-25)32-18-13-31-24(33-21(18)22)16-10-6-3-7-11-16/h2-11,17-18,20-22,24H,13-14H2,1H3,(H,26,28)/t17-,18?,20?,21-,22?,24?/m0/s1. The van der Waals surface area contributed by atoms with E-state index in [0.29, 0.717) is 5.56 Å². The highest BCUT2D eigenvalue weighted by molar-refractivity contribution is 5.94. The molecule has 0 saturated carbocycles. The lowest BCUT2D eigenvalue weighted by Crippen LogP contribution is -2.66. The van der Waals surface area contributed by atoms with E-state index in [2.05, 4.69) is 11.4 Å². The second-order valence-corrected chi connectivity index (χ2v) is 7.62. The fraction of sp³-hybridized carbons (Fsp3) is 0.375. The van der Waals surface area contributed by atoms with Gasteiger partial charge in [0.1, 0.15) is 24.9 Å². The number of nitrogens with one attached hydrogen (secondary N) is 1. The predicted molar refractivity (Wildman–Crippen MR) is 114 cm³/mol. The predicted octanol–water partition coefficient (Wildman–Crippen LogP) is 1.75. The van der Waals surface area contributed by atoms with Crippen LogP contribution in [0.5, 0.6) is 0 Å². The van der Waals surface area contributed by atoms with E-state index in [-0.39, 0.29) is 13.2 Å². The quantitative estimate of drug-likeness (QED) is 0.659. The summed E-state index contributed by atoms with van der Waals surface area (Å²) in [7, 11) is 1.25. The molecule has 33 heavy (non-hydrogen) atoms. The number of methoxy groups -OCH3 is 1. The monoisotopic (exact) mass is 452 g/mol. The third-order valence-electron chi connectivity index (χ3n) is 5.54. The Labute approximate surface area is 191 Å². The van der Waals surface area contributed by atoms with Crippen molar-refractivity contribution in [3.63, 3.8) is 0 Å². The van der Waals surface area contributed by atoms with E-state index in [0.717, 1.165) is 5.56 Å². The van der Waals surface area contributed by atoms with Gasteiger partial charge in [0, 0.05) is 11.1 Å². The number of fused-ring (bicyclic) bond motifs is 1. The number of hydrogen-bond donors (Lipinski definition) is 1. The van der Waals surface area contributed by atoms with E-state index in [9.17, 15) is 14.9 Å². The van der Waals surface area contributed by atoms with Gasteiger partial charge in [-0.15, -0.1) is 0 Å². The van der Waals surface area contributed by atoms with Crippen LogP contribution in [0, 0.1) is 11.3 Å². The maximum atomic E-state index is 12.9. The Morgan fingerprint density at radius 2 is 1.79 bits per heavy atom. The van der Waals surface area contributed by atoms with Gasteiger partial charge in [-0.3, -0.25) is 4.79 Å². The van der Waals surface area contributed by atoms with Gasteiger partial charge in [0.25, 0.3) is 5.91 Å². The highest BCUT2D eigenvalue weighted by Crippen LogP contribution is 2.35. The molecule has 2 heterocycles. The summed E-state index contributed by atoms with van der Waals surface area (Å²) in [5.41, 5.74) is 1.22. The molecule has 0 radical (unpaired) electrons. The lowest BCUT2D eigenvalue weighted by atomic mass is 9.91. The zero-order valence-corrected chi connectivity index (χ0v) is 18.0. The van der Waals surface area contributed by atoms with Crippen LogP contribution in [0.4, 0.5) is 0 Å². The molecule has 2 aliphatic heterocycles. The van der Waals surface area contributed by atoms with Crippen molar-refractivity contribution in [1.29, 1.82) is 5.26 Å². The van der Waals surface area contributed by atoms with E-state index in [1.165, 1.54) is 7.11 Å². The minimum absolute atomic E-state index is 0.153. The molecule has 1 N–H and O–H groups in total. The molecule has 0 aromatic heterocycles. The zero-order chi connectivity index (χ0) is 23.2. The van der Waals surface area contributed by atoms with Crippen LogP contribution in [0.3, 0.4) is 0 Å². The average Bonchev–Trinajstić information content (AvgIpc) is 2.88. The molecule has 4 unspecified atom stereocenters. The Morgan fingerprint density at radius 3 is 2.45 bits per heavy atom. The maximum absolute atomic E-state index is 12.9. The van der Waals surface area contributed by atoms with E-state index < -0.39 is 48.6 Å². The molecule has 0 bridgehead atoms. The molecule has 9 nitrogen and oxygen atoms in total. The van der Waals surface area contributed by atoms with Gasteiger partial charge in [-0.25, -0.2) is 4.79 Å². The molecule has 1 amide bonds. The van der Waals surface area contributed by atoms with Crippen molar-refractivity contribution in [2.75, 3.05) is 20.3 Å². The minimum Gasteiger partial charge on any atom is -0.467 e. The second kappa shape index (κ2) is 10.6. The van der Waals surface area contributed by atoms with Crippen molar-refractivity contribution in [2.24, 2.45) is 0 Å². The van der Waals surface area contributed by atoms with Crippen molar-refractivity contribution in [3.8, 4) is 6.07 Å². The summed E-state index contributed by atoms with van der Waals surface area (Å²) in [6, 6.07) is 19.1. The van der Waals surface area contributed by atoms with Crippen molar-refractivity contribution < 1.29 is 33.3 Å². The molecule has 2 aromatic rings. The van der Waals surface area contributed by atoms with E-state index in [1.807, 2.05) is 30.3 Å². The average molecular weight is 452 g/mol. The summed E-state index contributed by atoms with van der Waals surface area (Å²) >= 11 is 0. The van der Waals surface area contributed by atoms with Crippen LogP contribution in [0.15, 0.2) is 60.7 Å². The first-order chi connectivity index (χ1) is 16.1. The number of esters is 1. The van der Waals surface area contributed by atoms with Gasteiger partial charge < -0.3 is 29.0 Å². The Balaban J connectivity index is 1.60. The maximum Gasteiger partial charge on any atom is 0.331 e. The molecular formula is C24H24N2O7. The van der Waals surface area contributed by atoms with Crippen molar-refractivity contribution in [3.05, 3.63) is 71.8 Å². The van der Waals surface area contributed by atoms with Crippen molar-refractivity contribution >= 4 is 11.9 Å². The van der Waals surface area contributed by atoms with Crippen LogP contribution >= 0.6 is 0 Å². The van der Waals surface area contributed by atoms with Crippen LogP contribution < -0.4 is 5.32 Å². The highest BCUT2D eigenvalue weighted by atomic mass is 16.7. The van der Waals surface area contributed by atoms with E-state index in [1.54, 1.807) is 30.3 Å². The second-order valence-electron chi connectivity index (χ2n) is 7.62. The first-order valence-corrected chi connectivity index (χ1v) is 10.5. The molecule has 6 atom stereocenters. The molecule has 0 aliphatic carbocycles. The Hall–Kier alpha value is -3.29. The SMILES string of the molecule is COC(=O)COC1C(NC(=O)c2ccccc2)[C@H](C#N)OC2COC(c3ccccc3)O[C@@H]21. The summed E-state index contributed by atoms with van der Waals surface area (Å²) in [5, 5.41) is 12.6. The molecule has 2 fully saturated rings. The number of benzene rings is 2. The Bertz CT molecular complexity index is 995. The molecule has 172 valence electrons. The van der Waals surface area contributed by atoms with E-state index >= 15 is 0 Å². The van der Waals surface area contributed by atoms with Gasteiger partial charge >= 0.3 is 5.97 Å². The van der Waals surface area contributed by atoms with Gasteiger partial charge in [-0.2, -0.15) is 5.26 Å². The Kier molecular flexibility index (Phi) is 7.32. The van der Waals surface area contributed by atoms with Crippen LogP contribution in [0.2, 0.25) is 0 Å². The molecule has 2 aromatic carbocycles. The summed E-state index contributed by atoms with van der Waals surface area (Å²) in [6.45, 7) is -0.222. The number of rotatable bonds is 6. The first kappa shape index (κ1) is 22.9. The van der Waals surface area contributed by atoms with Crippen LogP contribution in [0.25, 0.3) is 0 Å². The van der Waals surface area contributed by atoms with Crippen LogP contribution in [0.1, 0.15) is 22.2 Å². The number of nitrogens with zero attached hydrogens (tertiary/aromatic N) is 1. The molecular weight excluding hydrogens is 428 g/mol. The fourth-order valence-electron chi connectivity index (χ4n) is 3.90. The molecule has 2 saturated heterocycles. The number of carbonyl (C=O) groups excluding carboxylic acids is 2. The summed E-state index contributed by atoms with van der Waals surface area (Å²) in [6.07, 6.45) is -3.93. The van der Waals surface area contributed by atoms with Gasteiger partial charge in [0.05, 0.1) is 25.8 Å². The third-order valence-corrected chi connectivity index (χ3v) is 5.54. The third kappa shape index (κ3) is 5.21. The lowest BCUT2D eigenvalue weighted by Gasteiger charge is -2.48. The summed E-state index contributed by atoms with van der Waals surface area (Å²) in [5.74, 6) is -0.993. The minimum atomic E-state index is -1.04. The number of nitriles is 1. The van der Waals surface area contributed by atoms with Crippen molar-refractivity contribution in [1.82, 2.24) is 5.32 Å². The molecule has 9 heteroatoms. The summed E-state index contributed by atoms with van der Waals surface area (Å²) in [4.78, 5) is 24.7. The summed E-state index contributed by atoms with van der Waals surface area (Å²) < 4.78 is 28.5. The number of carbonyl (C=O) groups is 2. The van der Waals surface area contributed by atoms with Crippen molar-refractivity contribution in [2.45, 2.75) is 36.7 Å². The van der Waals surface area contributed by atoms with Crippen LogP contribution in [-0.2, 0) is 28.5 Å². The van der Waals surface area contributed by atoms with Crippen LogP contribution in [-0.4, -0.2) is 62.7 Å². The Morgan fingerprint density at radius 1 is 1.09 bits per heavy atom. The van der Waals surface area contributed by atoms with Gasteiger partial charge in [0.15, 0.2) is 12.4 Å². The lowest BCUT2D eigenvalue weighted by molar-refractivity contribution is -0.314. The molecule has 0 spiro atoms. The normalized spacial score (nSPS) is 28.7. The van der Waals surface area contributed by atoms with E-state index in [4.69, 9.17) is 23.7 Å². The number of hydrogen-bond acceptors (Lipinski definition) is 8. The number of ether oxygens (including phenoxy) is 5. The molecule has 2 aliphatic rings. The highest BCUT2D eigenvalue weighted by Gasteiger charge is 2.51. The zero-order valence-electron chi connectivity index (χ0n) is 18.0. The number of amides is 1. The topological polar surface area (TPSA) is 116 Å². The fourth-order valence-corrected chi connectivity index (χ4v) is 3.90. The van der Waals surface area contributed by atoms with Gasteiger partial charge in [-0.1, -0.05) is 48.5 Å². The van der Waals surface area contributed by atoms with Gasteiger partial charge in [-0.05, 0) is 12.1 Å². The largest absolute Gasteiger partial charge is 0.467 e. The van der Waals surface area contributed by atoms with Gasteiger partial charge in [0.2, 0.25) is 0 Å². The molecule has 4 rings (SSSR count). The first-order valence-electron chi connectivity index (χ1n) is 10.5. The smallest absolute Gasteiger partial charge is 0.331 e.